The van der Waals surface area contributed by atoms with Crippen molar-refractivity contribution in [2.75, 3.05) is 20.2 Å². The molecular weight excluding hydrogens is 427 g/mol. The maximum atomic E-state index is 5.58. The molecule has 1 unspecified atom stereocenters. The quantitative estimate of drug-likeness (QED) is 0.418. The van der Waals surface area contributed by atoms with Crippen LogP contribution in [0, 0.1) is 0 Å². The lowest BCUT2D eigenvalue weighted by Gasteiger charge is -2.14. The number of aromatic nitrogens is 1. The van der Waals surface area contributed by atoms with Crippen LogP contribution in [0.4, 0.5) is 0 Å². The molecule has 0 saturated carbocycles. The highest BCUT2D eigenvalue weighted by atomic mass is 127. The smallest absolute Gasteiger partial charge is 0.236 e. The Labute approximate surface area is 156 Å². The van der Waals surface area contributed by atoms with E-state index in [0.717, 1.165) is 42.5 Å². The number of rotatable bonds is 5. The minimum absolute atomic E-state index is 0. The number of oxazole rings is 1. The second-order valence-corrected chi connectivity index (χ2v) is 6.01. The summed E-state index contributed by atoms with van der Waals surface area (Å²) >= 11 is 1.61. The van der Waals surface area contributed by atoms with Gasteiger partial charge in [0.25, 0.3) is 0 Å². The molecular formula is C15H21IN4O2S. The van der Waals surface area contributed by atoms with E-state index in [-0.39, 0.29) is 30.1 Å². The van der Waals surface area contributed by atoms with Gasteiger partial charge in [-0.25, -0.2) is 4.98 Å². The van der Waals surface area contributed by atoms with Gasteiger partial charge >= 0.3 is 0 Å². The minimum Gasteiger partial charge on any atom is -0.443 e. The number of halogens is 1. The molecule has 8 heteroatoms. The molecule has 1 fully saturated rings. The number of nitrogens with one attached hydrogen (secondary N) is 2. The van der Waals surface area contributed by atoms with Crippen LogP contribution in [-0.2, 0) is 11.3 Å². The van der Waals surface area contributed by atoms with Gasteiger partial charge in [-0.05, 0) is 24.3 Å². The summed E-state index contributed by atoms with van der Waals surface area (Å²) in [6.07, 6.45) is 4.21. The van der Waals surface area contributed by atoms with Gasteiger partial charge in [0.05, 0.1) is 23.2 Å². The van der Waals surface area contributed by atoms with Crippen molar-refractivity contribution in [3.8, 4) is 10.8 Å². The van der Waals surface area contributed by atoms with Crippen LogP contribution < -0.4 is 10.6 Å². The van der Waals surface area contributed by atoms with E-state index >= 15 is 0 Å². The van der Waals surface area contributed by atoms with E-state index < -0.39 is 0 Å². The van der Waals surface area contributed by atoms with Crippen molar-refractivity contribution in [1.82, 2.24) is 15.6 Å². The van der Waals surface area contributed by atoms with Gasteiger partial charge in [-0.1, -0.05) is 6.07 Å². The zero-order chi connectivity index (χ0) is 15.2. The fourth-order valence-electron chi connectivity index (χ4n) is 2.31. The minimum atomic E-state index is 0. The lowest BCUT2D eigenvalue weighted by atomic mass is 10.2. The van der Waals surface area contributed by atoms with E-state index in [1.807, 2.05) is 17.5 Å². The molecule has 2 aromatic rings. The fourth-order valence-corrected chi connectivity index (χ4v) is 2.97. The first kappa shape index (κ1) is 18.2. The Morgan fingerprint density at radius 1 is 1.48 bits per heavy atom. The van der Waals surface area contributed by atoms with Gasteiger partial charge in [0.2, 0.25) is 5.89 Å². The van der Waals surface area contributed by atoms with Crippen LogP contribution in [0.1, 0.15) is 18.5 Å². The largest absolute Gasteiger partial charge is 0.443 e. The molecule has 0 spiro atoms. The van der Waals surface area contributed by atoms with Gasteiger partial charge in [-0.15, -0.1) is 35.3 Å². The maximum absolute atomic E-state index is 5.58. The Morgan fingerprint density at radius 2 is 2.39 bits per heavy atom. The van der Waals surface area contributed by atoms with E-state index in [1.165, 1.54) is 0 Å². The lowest BCUT2D eigenvalue weighted by Crippen LogP contribution is -2.40. The van der Waals surface area contributed by atoms with Crippen molar-refractivity contribution in [3.63, 3.8) is 0 Å². The third-order valence-electron chi connectivity index (χ3n) is 3.47. The molecule has 23 heavy (non-hydrogen) atoms. The van der Waals surface area contributed by atoms with Gasteiger partial charge in [0.15, 0.2) is 5.96 Å². The van der Waals surface area contributed by atoms with Crippen LogP contribution >= 0.6 is 35.3 Å². The third kappa shape index (κ3) is 5.18. The SMILES string of the molecule is CN=C(NCc1coc(-c2cccs2)n1)NCC1CCCO1.I. The number of hydrogen-bond acceptors (Lipinski definition) is 5. The average Bonchev–Trinajstić information content (AvgIpc) is 3.29. The summed E-state index contributed by atoms with van der Waals surface area (Å²) in [5.41, 5.74) is 0.850. The Bertz CT molecular complexity index is 609. The number of aliphatic imine (C=N–C) groups is 1. The molecule has 0 radical (unpaired) electrons. The summed E-state index contributed by atoms with van der Waals surface area (Å²) in [6.45, 7) is 2.21. The van der Waals surface area contributed by atoms with E-state index in [2.05, 4.69) is 20.6 Å². The molecule has 3 heterocycles. The first-order valence-corrected chi connectivity index (χ1v) is 8.27. The van der Waals surface area contributed by atoms with Crippen molar-refractivity contribution >= 4 is 41.3 Å². The van der Waals surface area contributed by atoms with Crippen LogP contribution in [0.2, 0.25) is 0 Å². The van der Waals surface area contributed by atoms with Gasteiger partial charge in [-0.3, -0.25) is 4.99 Å². The summed E-state index contributed by atoms with van der Waals surface area (Å²) in [4.78, 5) is 9.71. The molecule has 0 bridgehead atoms. The molecule has 0 aromatic carbocycles. The van der Waals surface area contributed by atoms with Gasteiger partial charge in [0.1, 0.15) is 6.26 Å². The van der Waals surface area contributed by atoms with Crippen molar-refractivity contribution in [2.45, 2.75) is 25.5 Å². The lowest BCUT2D eigenvalue weighted by molar-refractivity contribution is 0.114. The Balaban J connectivity index is 0.00000192. The molecule has 1 aliphatic rings. The number of thiophene rings is 1. The number of guanidine groups is 1. The highest BCUT2D eigenvalue weighted by molar-refractivity contribution is 14.0. The monoisotopic (exact) mass is 448 g/mol. The summed E-state index contributed by atoms with van der Waals surface area (Å²) < 4.78 is 11.1. The molecule has 1 atom stereocenters. The maximum Gasteiger partial charge on any atom is 0.236 e. The Kier molecular flexibility index (Phi) is 7.31. The predicted octanol–water partition coefficient (Wildman–Crippen LogP) is 2.87. The molecule has 0 aliphatic carbocycles. The van der Waals surface area contributed by atoms with Crippen molar-refractivity contribution < 1.29 is 9.15 Å². The number of nitrogens with zero attached hydrogens (tertiary/aromatic N) is 2. The number of hydrogen-bond donors (Lipinski definition) is 2. The molecule has 2 N–H and O–H groups in total. The Morgan fingerprint density at radius 3 is 3.09 bits per heavy atom. The summed E-state index contributed by atoms with van der Waals surface area (Å²) in [5.74, 6) is 1.41. The third-order valence-corrected chi connectivity index (χ3v) is 4.32. The van der Waals surface area contributed by atoms with Crippen LogP contribution in [0.15, 0.2) is 33.2 Å². The zero-order valence-corrected chi connectivity index (χ0v) is 16.1. The van der Waals surface area contributed by atoms with E-state index in [9.17, 15) is 0 Å². The zero-order valence-electron chi connectivity index (χ0n) is 12.9. The normalized spacial score (nSPS) is 17.8. The highest BCUT2D eigenvalue weighted by Crippen LogP contribution is 2.23. The summed E-state index contributed by atoms with van der Waals surface area (Å²) in [5, 5.41) is 8.51. The average molecular weight is 448 g/mol. The fraction of sp³-hybridized carbons (Fsp3) is 0.467. The van der Waals surface area contributed by atoms with E-state index in [0.29, 0.717) is 12.4 Å². The summed E-state index contributed by atoms with van der Waals surface area (Å²) in [6, 6.07) is 3.98. The topological polar surface area (TPSA) is 71.7 Å². The first-order valence-electron chi connectivity index (χ1n) is 7.39. The summed E-state index contributed by atoms with van der Waals surface area (Å²) in [7, 11) is 1.75. The van der Waals surface area contributed by atoms with Gasteiger partial charge in [0, 0.05) is 20.2 Å². The molecule has 0 amide bonds. The molecule has 126 valence electrons. The first-order chi connectivity index (χ1) is 10.8. The van der Waals surface area contributed by atoms with Crippen molar-refractivity contribution in [2.24, 2.45) is 4.99 Å². The van der Waals surface area contributed by atoms with E-state index in [4.69, 9.17) is 9.15 Å². The van der Waals surface area contributed by atoms with Gasteiger partial charge in [-0.2, -0.15) is 0 Å². The predicted molar refractivity (Wildman–Crippen MR) is 102 cm³/mol. The van der Waals surface area contributed by atoms with Crippen LogP contribution in [0.25, 0.3) is 10.8 Å². The molecule has 1 saturated heterocycles. The van der Waals surface area contributed by atoms with Crippen molar-refractivity contribution in [1.29, 1.82) is 0 Å². The molecule has 3 rings (SSSR count). The second-order valence-electron chi connectivity index (χ2n) is 5.06. The van der Waals surface area contributed by atoms with Crippen LogP contribution in [0.5, 0.6) is 0 Å². The molecule has 2 aromatic heterocycles. The Hall–Kier alpha value is -1.13. The standard InChI is InChI=1S/C15H20N4O2S.HI/c1-16-15(18-9-12-4-2-6-20-12)17-8-11-10-21-14(19-11)13-5-3-7-22-13;/h3,5,7,10,12H,2,4,6,8-9H2,1H3,(H2,16,17,18);1H. The second kappa shape index (κ2) is 9.24. The highest BCUT2D eigenvalue weighted by Gasteiger charge is 2.15. The van der Waals surface area contributed by atoms with Gasteiger partial charge < -0.3 is 19.8 Å². The van der Waals surface area contributed by atoms with Crippen LogP contribution in [-0.4, -0.2) is 37.2 Å². The van der Waals surface area contributed by atoms with Crippen molar-refractivity contribution in [3.05, 3.63) is 29.5 Å². The number of ether oxygens (including phenoxy) is 1. The molecule has 6 nitrogen and oxygen atoms in total. The van der Waals surface area contributed by atoms with E-state index in [1.54, 1.807) is 24.6 Å². The molecule has 1 aliphatic heterocycles. The van der Waals surface area contributed by atoms with Crippen LogP contribution in [0.3, 0.4) is 0 Å².